The summed E-state index contributed by atoms with van der Waals surface area (Å²) in [6.07, 6.45) is 4.55. The highest BCUT2D eigenvalue weighted by Crippen LogP contribution is 2.24. The van der Waals surface area contributed by atoms with Gasteiger partial charge in [0.1, 0.15) is 5.01 Å². The van der Waals surface area contributed by atoms with Crippen LogP contribution in [0.25, 0.3) is 0 Å². The monoisotopic (exact) mass is 240 g/mol. The number of nitrogens with zero attached hydrogens (tertiary/aromatic N) is 1. The molecule has 88 valence electrons. The molecule has 1 unspecified atom stereocenters. The molecule has 1 atom stereocenters. The predicted molar refractivity (Wildman–Crippen MR) is 62.6 cm³/mol. The Hall–Kier alpha value is -0.940. The van der Waals surface area contributed by atoms with Gasteiger partial charge in [-0.3, -0.25) is 10.1 Å². The summed E-state index contributed by atoms with van der Waals surface area (Å²) >= 11 is 1.41. The largest absolute Gasteiger partial charge is 0.480 e. The van der Waals surface area contributed by atoms with E-state index in [-0.39, 0.29) is 0 Å². The molecule has 0 bridgehead atoms. The van der Waals surface area contributed by atoms with E-state index in [2.05, 4.69) is 10.3 Å². The number of hydrogen-bond donors (Lipinski definition) is 2. The molecule has 1 saturated carbocycles. The number of nitrogens with one attached hydrogen (secondary N) is 1. The molecule has 2 N–H and O–H groups in total. The third-order valence-electron chi connectivity index (χ3n) is 2.89. The summed E-state index contributed by atoms with van der Waals surface area (Å²) in [6.45, 7) is 1.88. The van der Waals surface area contributed by atoms with Crippen LogP contribution < -0.4 is 5.32 Å². The number of aryl methyl sites for hydroxylation is 1. The lowest BCUT2D eigenvalue weighted by Crippen LogP contribution is -2.35. The molecule has 0 aromatic carbocycles. The van der Waals surface area contributed by atoms with E-state index in [9.17, 15) is 9.90 Å². The number of carboxylic acid groups (broad SMARTS) is 1. The minimum absolute atomic E-state index is 0.338. The fourth-order valence-corrected chi connectivity index (χ4v) is 2.93. The molecule has 1 aliphatic carbocycles. The van der Waals surface area contributed by atoms with Gasteiger partial charge in [0, 0.05) is 17.1 Å². The summed E-state index contributed by atoms with van der Waals surface area (Å²) in [4.78, 5) is 15.5. The molecule has 1 heterocycles. The molecule has 2 rings (SSSR count). The lowest BCUT2D eigenvalue weighted by Gasteiger charge is -2.17. The van der Waals surface area contributed by atoms with Crippen molar-refractivity contribution >= 4 is 17.3 Å². The third kappa shape index (κ3) is 2.59. The van der Waals surface area contributed by atoms with Crippen LogP contribution in [0.15, 0.2) is 5.38 Å². The normalized spacial score (nSPS) is 18.8. The molecule has 0 aliphatic heterocycles. The molecule has 0 amide bonds. The van der Waals surface area contributed by atoms with Crippen molar-refractivity contribution in [2.45, 2.75) is 44.7 Å². The number of hydrogen-bond acceptors (Lipinski definition) is 4. The van der Waals surface area contributed by atoms with Crippen LogP contribution >= 0.6 is 11.3 Å². The zero-order valence-corrected chi connectivity index (χ0v) is 10.1. The first-order valence-electron chi connectivity index (χ1n) is 5.57. The topological polar surface area (TPSA) is 62.2 Å². The zero-order valence-electron chi connectivity index (χ0n) is 9.27. The third-order valence-corrected chi connectivity index (χ3v) is 3.92. The minimum atomic E-state index is -0.832. The summed E-state index contributed by atoms with van der Waals surface area (Å²) in [6, 6.07) is -0.299. The van der Waals surface area contributed by atoms with Crippen molar-refractivity contribution in [3.05, 3.63) is 16.1 Å². The molecular weight excluding hydrogens is 224 g/mol. The zero-order chi connectivity index (χ0) is 11.5. The highest BCUT2D eigenvalue weighted by atomic mass is 32.1. The molecule has 1 aromatic heterocycles. The van der Waals surface area contributed by atoms with E-state index in [1.165, 1.54) is 24.2 Å². The Morgan fingerprint density at radius 1 is 1.62 bits per heavy atom. The van der Waals surface area contributed by atoms with E-state index < -0.39 is 12.0 Å². The highest BCUT2D eigenvalue weighted by molar-refractivity contribution is 7.09. The average Bonchev–Trinajstić information content (AvgIpc) is 2.84. The molecule has 1 aromatic rings. The Morgan fingerprint density at radius 3 is 2.81 bits per heavy atom. The van der Waals surface area contributed by atoms with Gasteiger partial charge in [0.05, 0.1) is 0 Å². The van der Waals surface area contributed by atoms with Gasteiger partial charge >= 0.3 is 5.97 Å². The standard InChI is InChI=1S/C11H16N2O2S/c1-7-6-16-10(12-7)9(11(14)15)13-8-4-2-3-5-8/h6,8-9,13H,2-5H2,1H3,(H,14,15). The van der Waals surface area contributed by atoms with Crippen molar-refractivity contribution in [3.8, 4) is 0 Å². The van der Waals surface area contributed by atoms with E-state index in [4.69, 9.17) is 0 Å². The van der Waals surface area contributed by atoms with Crippen LogP contribution in [0.2, 0.25) is 0 Å². The highest BCUT2D eigenvalue weighted by Gasteiger charge is 2.27. The number of thiazole rings is 1. The fourth-order valence-electron chi connectivity index (χ4n) is 2.08. The van der Waals surface area contributed by atoms with Crippen LogP contribution in [0.1, 0.15) is 42.4 Å². The maximum Gasteiger partial charge on any atom is 0.327 e. The number of rotatable bonds is 4. The van der Waals surface area contributed by atoms with Crippen molar-refractivity contribution in [3.63, 3.8) is 0 Å². The Balaban J connectivity index is 2.07. The second-order valence-electron chi connectivity index (χ2n) is 4.25. The first-order valence-corrected chi connectivity index (χ1v) is 6.45. The van der Waals surface area contributed by atoms with E-state index in [0.717, 1.165) is 18.5 Å². The lowest BCUT2D eigenvalue weighted by atomic mass is 10.2. The summed E-state index contributed by atoms with van der Waals surface area (Å²) in [5.41, 5.74) is 0.888. The van der Waals surface area contributed by atoms with Gasteiger partial charge in [-0.1, -0.05) is 12.8 Å². The van der Waals surface area contributed by atoms with E-state index in [1.54, 1.807) is 0 Å². The average molecular weight is 240 g/mol. The van der Waals surface area contributed by atoms with Crippen LogP contribution in [0.3, 0.4) is 0 Å². The van der Waals surface area contributed by atoms with Crippen LogP contribution in [-0.2, 0) is 4.79 Å². The smallest absolute Gasteiger partial charge is 0.327 e. The van der Waals surface area contributed by atoms with Crippen molar-refractivity contribution in [2.75, 3.05) is 0 Å². The van der Waals surface area contributed by atoms with Crippen LogP contribution in [0.4, 0.5) is 0 Å². The number of carboxylic acids is 1. The van der Waals surface area contributed by atoms with Gasteiger partial charge in [-0.05, 0) is 19.8 Å². The SMILES string of the molecule is Cc1csc(C(NC2CCCC2)C(=O)O)n1. The molecule has 0 saturated heterocycles. The van der Waals surface area contributed by atoms with Crippen molar-refractivity contribution in [1.82, 2.24) is 10.3 Å². The second kappa shape index (κ2) is 4.93. The van der Waals surface area contributed by atoms with Gasteiger partial charge < -0.3 is 5.11 Å². The Morgan fingerprint density at radius 2 is 2.31 bits per heavy atom. The Bertz CT molecular complexity index is 372. The van der Waals surface area contributed by atoms with Crippen molar-refractivity contribution in [1.29, 1.82) is 0 Å². The van der Waals surface area contributed by atoms with Gasteiger partial charge in [-0.15, -0.1) is 11.3 Å². The van der Waals surface area contributed by atoms with Gasteiger partial charge in [0.2, 0.25) is 0 Å². The predicted octanol–water partition coefficient (Wildman–Crippen LogP) is 2.11. The molecule has 4 nitrogen and oxygen atoms in total. The number of carbonyl (C=O) groups is 1. The molecule has 1 fully saturated rings. The van der Waals surface area contributed by atoms with Gasteiger partial charge in [-0.25, -0.2) is 4.98 Å². The quantitative estimate of drug-likeness (QED) is 0.846. The van der Waals surface area contributed by atoms with Crippen molar-refractivity contribution in [2.24, 2.45) is 0 Å². The number of aliphatic carboxylic acids is 1. The Kier molecular flexibility index (Phi) is 3.56. The molecule has 0 radical (unpaired) electrons. The Labute approximate surface area is 98.7 Å². The van der Waals surface area contributed by atoms with Gasteiger partial charge in [0.15, 0.2) is 6.04 Å². The molecule has 16 heavy (non-hydrogen) atoms. The second-order valence-corrected chi connectivity index (χ2v) is 5.14. The summed E-state index contributed by atoms with van der Waals surface area (Å²) in [5.74, 6) is -0.832. The summed E-state index contributed by atoms with van der Waals surface area (Å²) < 4.78 is 0. The van der Waals surface area contributed by atoms with Crippen LogP contribution in [0, 0.1) is 6.92 Å². The van der Waals surface area contributed by atoms with E-state index >= 15 is 0 Å². The summed E-state index contributed by atoms with van der Waals surface area (Å²) in [7, 11) is 0. The maximum absolute atomic E-state index is 11.2. The number of aromatic nitrogens is 1. The van der Waals surface area contributed by atoms with Crippen LogP contribution in [-0.4, -0.2) is 22.1 Å². The van der Waals surface area contributed by atoms with E-state index in [0.29, 0.717) is 11.0 Å². The minimum Gasteiger partial charge on any atom is -0.480 e. The lowest BCUT2D eigenvalue weighted by molar-refractivity contribution is -0.139. The summed E-state index contributed by atoms with van der Waals surface area (Å²) in [5, 5.41) is 14.9. The first kappa shape index (κ1) is 11.5. The fraction of sp³-hybridized carbons (Fsp3) is 0.636. The van der Waals surface area contributed by atoms with Gasteiger partial charge in [0.25, 0.3) is 0 Å². The molecule has 5 heteroatoms. The van der Waals surface area contributed by atoms with E-state index in [1.807, 2.05) is 12.3 Å². The molecular formula is C11H16N2O2S. The van der Waals surface area contributed by atoms with Crippen LogP contribution in [0.5, 0.6) is 0 Å². The van der Waals surface area contributed by atoms with Gasteiger partial charge in [-0.2, -0.15) is 0 Å². The molecule has 0 spiro atoms. The maximum atomic E-state index is 11.2. The molecule has 1 aliphatic rings. The van der Waals surface area contributed by atoms with Crippen molar-refractivity contribution < 1.29 is 9.90 Å². The first-order chi connectivity index (χ1) is 7.66.